The Hall–Kier alpha value is -6.39. The summed E-state index contributed by atoms with van der Waals surface area (Å²) in [5, 5.41) is 59.4. The van der Waals surface area contributed by atoms with Gasteiger partial charge in [0.15, 0.2) is 27.9 Å². The number of rotatable bonds is 21. The van der Waals surface area contributed by atoms with E-state index in [-0.39, 0.29) is 72.8 Å². The van der Waals surface area contributed by atoms with Gasteiger partial charge in [0.2, 0.25) is 0 Å². The number of benzene rings is 6. The third-order valence-electron chi connectivity index (χ3n) is 8.76. The fourth-order valence-electron chi connectivity index (χ4n) is 5.68. The molecule has 0 unspecified atom stereocenters. The second kappa shape index (κ2) is 21.9. The number of aromatic hydroxyl groups is 1. The number of azo groups is 3. The highest BCUT2D eigenvalue weighted by Gasteiger charge is 2.26. The minimum absolute atomic E-state index is 0.0172. The fourth-order valence-corrected chi connectivity index (χ4v) is 9.31. The molecule has 0 aliphatic heterocycles. The van der Waals surface area contributed by atoms with Crippen molar-refractivity contribution in [2.24, 2.45) is 30.7 Å². The largest absolute Gasteiger partial charge is 0.505 e. The first-order valence-corrected chi connectivity index (χ1v) is 24.2. The van der Waals surface area contributed by atoms with Gasteiger partial charge in [-0.3, -0.25) is 13.5 Å². The summed E-state index contributed by atoms with van der Waals surface area (Å²) in [7, 11) is -11.7. The maximum atomic E-state index is 13.2. The summed E-state index contributed by atoms with van der Waals surface area (Å²) in [5.41, 5.74) is 12.5. The lowest BCUT2D eigenvalue weighted by Gasteiger charge is -2.14. The number of phenolic OH excluding ortho intramolecular Hbond substituents is 1. The van der Waals surface area contributed by atoms with Crippen LogP contribution in [0.4, 0.5) is 51.2 Å². The van der Waals surface area contributed by atoms with Crippen molar-refractivity contribution in [2.45, 2.75) is 19.6 Å². The van der Waals surface area contributed by atoms with Crippen molar-refractivity contribution in [1.29, 1.82) is 0 Å². The van der Waals surface area contributed by atoms with Crippen LogP contribution in [0.2, 0.25) is 0 Å². The zero-order chi connectivity index (χ0) is 48.4. The number of fused-ring (bicyclic) bond motifs is 1. The highest BCUT2D eigenvalue weighted by atomic mass is 32.2. The van der Waals surface area contributed by atoms with Gasteiger partial charge < -0.3 is 21.3 Å². The van der Waals surface area contributed by atoms with Crippen LogP contribution in [0.3, 0.4) is 0 Å². The van der Waals surface area contributed by atoms with E-state index in [1.165, 1.54) is 86.0 Å². The summed E-state index contributed by atoms with van der Waals surface area (Å²) in [6.45, 7) is -0.322. The number of nitrogen functional groups attached to an aromatic ring is 2. The Kier molecular flexibility index (Phi) is 16.4. The van der Waals surface area contributed by atoms with Gasteiger partial charge in [-0.05, 0) is 102 Å². The van der Waals surface area contributed by atoms with Crippen molar-refractivity contribution in [3.05, 3.63) is 103 Å². The van der Waals surface area contributed by atoms with E-state index in [0.717, 1.165) is 6.07 Å². The van der Waals surface area contributed by atoms with Crippen LogP contribution in [-0.4, -0.2) is 64.9 Å². The third kappa shape index (κ3) is 12.7. The maximum absolute atomic E-state index is 13.2. The molecule has 6 rings (SSSR count). The molecular formula is C37H33N9O16S5. The van der Waals surface area contributed by atoms with Gasteiger partial charge in [-0.2, -0.15) is 23.8 Å². The molecule has 9 N–H and O–H groups in total. The molecule has 0 aliphatic carbocycles. The molecule has 0 fully saturated rings. The quantitative estimate of drug-likeness (QED) is 0.00671. The molecular weight excluding hydrogens is 987 g/mol. The molecule has 0 amide bonds. The molecule has 0 aromatic heterocycles. The van der Waals surface area contributed by atoms with Crippen molar-refractivity contribution in [3.8, 4) is 11.5 Å². The van der Waals surface area contributed by atoms with Gasteiger partial charge in [0.1, 0.15) is 27.7 Å². The van der Waals surface area contributed by atoms with Crippen LogP contribution in [-0.2, 0) is 52.9 Å². The Morgan fingerprint density at radius 3 is 1.87 bits per heavy atom. The summed E-state index contributed by atoms with van der Waals surface area (Å²) >= 11 is 0.555. The fraction of sp³-hybridized carbons (Fsp3) is 0.0811. The Morgan fingerprint density at radius 1 is 0.687 bits per heavy atom. The molecule has 30 heteroatoms. The van der Waals surface area contributed by atoms with Crippen molar-refractivity contribution >= 4 is 116 Å². The molecule has 0 aliphatic rings. The number of sulfone groups is 1. The SMILES string of the molecule is COc1cc(N)ccc1/N=N/c1ccc(NS(=O)(=O)c2ccc(/N=N/c3c(S(=O)(=O)O)cc4cc(SOOO)c(/N=N/c5ccc(S(=O)(=O)CCOSOOO)cc5)c(N)c4c3O)cc2)cc1. The van der Waals surface area contributed by atoms with Crippen molar-refractivity contribution in [1.82, 2.24) is 0 Å². The molecule has 0 saturated heterocycles. The van der Waals surface area contributed by atoms with Gasteiger partial charge in [-0.15, -0.1) is 24.0 Å². The van der Waals surface area contributed by atoms with E-state index in [0.29, 0.717) is 34.9 Å². The van der Waals surface area contributed by atoms with Gasteiger partial charge >= 0.3 is 0 Å². The monoisotopic (exact) mass is 1020 g/mol. The van der Waals surface area contributed by atoms with Gasteiger partial charge in [-0.25, -0.2) is 27.4 Å². The first-order chi connectivity index (χ1) is 31.9. The van der Waals surface area contributed by atoms with Crippen LogP contribution in [0.15, 0.2) is 153 Å². The van der Waals surface area contributed by atoms with E-state index in [1.807, 2.05) is 0 Å². The smallest absolute Gasteiger partial charge is 0.296 e. The molecule has 0 heterocycles. The third-order valence-corrected chi connectivity index (χ3v) is 13.7. The number of nitrogens with zero attached hydrogens (tertiary/aromatic N) is 6. The van der Waals surface area contributed by atoms with Crippen LogP contribution in [0.1, 0.15) is 0 Å². The van der Waals surface area contributed by atoms with E-state index >= 15 is 0 Å². The molecule has 0 radical (unpaired) electrons. The standard InChI is InChI=1S/C37H33N9O16S5/c1-57-30-20-22(38)2-15-29(30)43-40-23-3-5-26(6-4-23)46-66(52,53)28-13-9-25(10-14-28)42-45-36-32(67(54,55)56)19-21-18-31(63-61-59-48)35(34(39)33(21)37(36)47)44-41-24-7-11-27(12-8-24)65(50,51)17-16-58-64-62-60-49/h2-15,18-20,46-49H,16-17,38-39H2,1H3,(H,54,55,56)/b43-40+,44-41+,45-42+. The zero-order valence-electron chi connectivity index (χ0n) is 33.8. The number of nitrogens with one attached hydrogen (secondary N) is 1. The summed E-state index contributed by atoms with van der Waals surface area (Å²) in [6, 6.07) is 22.9. The highest BCUT2D eigenvalue weighted by molar-refractivity contribution is 7.94. The average Bonchev–Trinajstić information content (AvgIpc) is 3.29. The van der Waals surface area contributed by atoms with Gasteiger partial charge in [0.25, 0.3) is 20.1 Å². The first kappa shape index (κ1) is 50.0. The lowest BCUT2D eigenvalue weighted by Crippen LogP contribution is -2.12. The minimum atomic E-state index is -5.13. The van der Waals surface area contributed by atoms with Gasteiger partial charge in [-0.1, -0.05) is 10.1 Å². The van der Waals surface area contributed by atoms with Gasteiger partial charge in [0.05, 0.1) is 74.3 Å². The summed E-state index contributed by atoms with van der Waals surface area (Å²) in [6.07, 6.45) is 0. The van der Waals surface area contributed by atoms with Crippen molar-refractivity contribution < 1.29 is 73.1 Å². The predicted molar refractivity (Wildman–Crippen MR) is 241 cm³/mol. The van der Waals surface area contributed by atoms with Gasteiger partial charge in [0, 0.05) is 17.4 Å². The number of methoxy groups -OCH3 is 1. The zero-order valence-corrected chi connectivity index (χ0v) is 37.9. The second-order valence-electron chi connectivity index (χ2n) is 13.0. The molecule has 6 aromatic carbocycles. The normalized spacial score (nSPS) is 12.5. The molecule has 0 spiro atoms. The lowest BCUT2D eigenvalue weighted by atomic mass is 10.1. The average molecular weight is 1020 g/mol. The molecule has 67 heavy (non-hydrogen) atoms. The highest BCUT2D eigenvalue weighted by Crippen LogP contribution is 2.49. The summed E-state index contributed by atoms with van der Waals surface area (Å²) in [4.78, 5) is -1.28. The molecule has 352 valence electrons. The Bertz CT molecular complexity index is 3180. The van der Waals surface area contributed by atoms with Crippen molar-refractivity contribution in [2.75, 3.05) is 35.7 Å². The Balaban J connectivity index is 1.24. The molecule has 25 nitrogen and oxygen atoms in total. The summed E-state index contributed by atoms with van der Waals surface area (Å²) < 4.78 is 108. The number of phenols is 1. The van der Waals surface area contributed by atoms with Crippen molar-refractivity contribution in [3.63, 3.8) is 0 Å². The first-order valence-electron chi connectivity index (χ1n) is 18.2. The minimum Gasteiger partial charge on any atom is -0.505 e. The van der Waals surface area contributed by atoms with Crippen LogP contribution in [0.5, 0.6) is 11.5 Å². The number of hydrogen-bond donors (Lipinski definition) is 7. The Labute approximate surface area is 388 Å². The van der Waals surface area contributed by atoms with E-state index in [4.69, 9.17) is 30.9 Å². The van der Waals surface area contributed by atoms with E-state index in [9.17, 15) is 34.9 Å². The molecule has 0 atom stereocenters. The van der Waals surface area contributed by atoms with E-state index < -0.39 is 52.1 Å². The number of hydrogen-bond acceptors (Lipinski definition) is 25. The van der Waals surface area contributed by atoms with Crippen LogP contribution >= 0.6 is 24.4 Å². The topological polar surface area (TPSA) is 377 Å². The summed E-state index contributed by atoms with van der Waals surface area (Å²) in [5.74, 6) is -0.946. The number of anilines is 3. The van der Waals surface area contributed by atoms with Crippen LogP contribution in [0.25, 0.3) is 10.8 Å². The van der Waals surface area contributed by atoms with Crippen LogP contribution in [0, 0.1) is 0 Å². The Morgan fingerprint density at radius 2 is 1.27 bits per heavy atom. The number of ether oxygens (including phenoxy) is 1. The van der Waals surface area contributed by atoms with Crippen LogP contribution < -0.4 is 20.9 Å². The van der Waals surface area contributed by atoms with E-state index in [2.05, 4.69) is 54.2 Å². The second-order valence-corrected chi connectivity index (χ2v) is 19.5. The lowest BCUT2D eigenvalue weighted by molar-refractivity contribution is -0.434. The molecule has 0 saturated carbocycles. The molecule has 0 bridgehead atoms. The number of nitrogens with two attached hydrogens (primary N) is 2. The van der Waals surface area contributed by atoms with E-state index in [1.54, 1.807) is 18.2 Å². The molecule has 6 aromatic rings. The predicted octanol–water partition coefficient (Wildman–Crippen LogP) is 9.22. The maximum Gasteiger partial charge on any atom is 0.296 e. The number of sulfonamides is 1.